The zero-order chi connectivity index (χ0) is 14.9. The molecule has 1 aliphatic rings. The SMILES string of the molecule is COc1cccc(CCC(=O)NCCC2OCCCO2)c1. The van der Waals surface area contributed by atoms with Crippen LogP contribution in [-0.2, 0) is 20.7 Å². The zero-order valence-corrected chi connectivity index (χ0v) is 12.5. The normalized spacial score (nSPS) is 15.7. The van der Waals surface area contributed by atoms with E-state index in [1.165, 1.54) is 0 Å². The van der Waals surface area contributed by atoms with Gasteiger partial charge in [0.2, 0.25) is 5.91 Å². The average molecular weight is 293 g/mol. The number of hydrogen-bond acceptors (Lipinski definition) is 4. The number of aryl methyl sites for hydroxylation is 1. The van der Waals surface area contributed by atoms with Crippen molar-refractivity contribution in [2.75, 3.05) is 26.9 Å². The monoisotopic (exact) mass is 293 g/mol. The maximum absolute atomic E-state index is 11.8. The highest BCUT2D eigenvalue weighted by Crippen LogP contribution is 2.13. The summed E-state index contributed by atoms with van der Waals surface area (Å²) in [6, 6.07) is 7.79. The molecule has 1 aliphatic heterocycles. The third-order valence-electron chi connectivity index (χ3n) is 3.37. The molecule has 1 aromatic carbocycles. The largest absolute Gasteiger partial charge is 0.497 e. The van der Waals surface area contributed by atoms with Crippen molar-refractivity contribution in [3.05, 3.63) is 29.8 Å². The number of rotatable bonds is 7. The van der Waals surface area contributed by atoms with Crippen LogP contribution in [0.3, 0.4) is 0 Å². The lowest BCUT2D eigenvalue weighted by molar-refractivity contribution is -0.180. The fourth-order valence-corrected chi connectivity index (χ4v) is 2.21. The molecule has 1 aromatic rings. The Morgan fingerprint density at radius 3 is 2.95 bits per heavy atom. The van der Waals surface area contributed by atoms with Crippen molar-refractivity contribution in [2.45, 2.75) is 32.0 Å². The van der Waals surface area contributed by atoms with Crippen molar-refractivity contribution >= 4 is 5.91 Å². The molecule has 0 bridgehead atoms. The van der Waals surface area contributed by atoms with Crippen LogP contribution >= 0.6 is 0 Å². The van der Waals surface area contributed by atoms with E-state index < -0.39 is 0 Å². The Bertz CT molecular complexity index is 444. The summed E-state index contributed by atoms with van der Waals surface area (Å²) in [5.74, 6) is 0.869. The van der Waals surface area contributed by atoms with Gasteiger partial charge in [0.25, 0.3) is 0 Å². The van der Waals surface area contributed by atoms with Crippen molar-refractivity contribution in [3.63, 3.8) is 0 Å². The molecule has 1 saturated heterocycles. The number of benzene rings is 1. The number of methoxy groups -OCH3 is 1. The van der Waals surface area contributed by atoms with Crippen molar-refractivity contribution in [1.29, 1.82) is 0 Å². The van der Waals surface area contributed by atoms with Gasteiger partial charge in [0, 0.05) is 19.4 Å². The molecule has 5 nitrogen and oxygen atoms in total. The van der Waals surface area contributed by atoms with Crippen LogP contribution in [0.1, 0.15) is 24.8 Å². The predicted octanol–water partition coefficient (Wildman–Crippen LogP) is 1.90. The first-order chi connectivity index (χ1) is 10.3. The number of carbonyl (C=O) groups excluding carboxylic acids is 1. The summed E-state index contributed by atoms with van der Waals surface area (Å²) in [5.41, 5.74) is 1.10. The van der Waals surface area contributed by atoms with Gasteiger partial charge in [-0.25, -0.2) is 0 Å². The summed E-state index contributed by atoms with van der Waals surface area (Å²) < 4.78 is 16.0. The van der Waals surface area contributed by atoms with Crippen LogP contribution < -0.4 is 10.1 Å². The van der Waals surface area contributed by atoms with Crippen molar-refractivity contribution in [3.8, 4) is 5.75 Å². The highest BCUT2D eigenvalue weighted by Gasteiger charge is 2.13. The summed E-state index contributed by atoms with van der Waals surface area (Å²) in [6.45, 7) is 2.07. The fraction of sp³-hybridized carbons (Fsp3) is 0.562. The van der Waals surface area contributed by atoms with Gasteiger partial charge in [-0.05, 0) is 30.5 Å². The van der Waals surface area contributed by atoms with Gasteiger partial charge in [-0.2, -0.15) is 0 Å². The van der Waals surface area contributed by atoms with Crippen LogP contribution in [0.2, 0.25) is 0 Å². The second kappa shape index (κ2) is 8.64. The molecule has 1 fully saturated rings. The highest BCUT2D eigenvalue weighted by molar-refractivity contribution is 5.76. The van der Waals surface area contributed by atoms with E-state index in [0.717, 1.165) is 30.9 Å². The standard InChI is InChI=1S/C16H23NO4/c1-19-14-5-2-4-13(12-14)6-7-15(18)17-9-8-16-20-10-3-11-21-16/h2,4-5,12,16H,3,6-11H2,1H3,(H,17,18). The van der Waals surface area contributed by atoms with E-state index in [2.05, 4.69) is 5.32 Å². The smallest absolute Gasteiger partial charge is 0.220 e. The number of carbonyl (C=O) groups is 1. The van der Waals surface area contributed by atoms with E-state index >= 15 is 0 Å². The van der Waals surface area contributed by atoms with Crippen LogP contribution in [0, 0.1) is 0 Å². The Morgan fingerprint density at radius 1 is 1.38 bits per heavy atom. The topological polar surface area (TPSA) is 56.8 Å². The Hall–Kier alpha value is -1.59. The van der Waals surface area contributed by atoms with E-state index in [9.17, 15) is 4.79 Å². The molecule has 0 aromatic heterocycles. The van der Waals surface area contributed by atoms with Gasteiger partial charge in [0.15, 0.2) is 6.29 Å². The Morgan fingerprint density at radius 2 is 2.19 bits per heavy atom. The van der Waals surface area contributed by atoms with Gasteiger partial charge < -0.3 is 19.5 Å². The molecule has 0 spiro atoms. The van der Waals surface area contributed by atoms with Gasteiger partial charge in [-0.3, -0.25) is 4.79 Å². The van der Waals surface area contributed by atoms with Crippen LogP contribution in [-0.4, -0.2) is 39.1 Å². The summed E-state index contributed by atoms with van der Waals surface area (Å²) in [6.07, 6.45) is 2.66. The van der Waals surface area contributed by atoms with Gasteiger partial charge in [0.1, 0.15) is 5.75 Å². The summed E-state index contributed by atoms with van der Waals surface area (Å²) >= 11 is 0. The number of hydrogen-bond donors (Lipinski definition) is 1. The number of nitrogens with one attached hydrogen (secondary N) is 1. The summed E-state index contributed by atoms with van der Waals surface area (Å²) in [5, 5.41) is 2.90. The maximum Gasteiger partial charge on any atom is 0.220 e. The lowest BCUT2D eigenvalue weighted by Crippen LogP contribution is -2.31. The van der Waals surface area contributed by atoms with Gasteiger partial charge in [-0.1, -0.05) is 12.1 Å². The number of amides is 1. The first kappa shape index (κ1) is 15.8. The maximum atomic E-state index is 11.8. The van der Waals surface area contributed by atoms with E-state index in [0.29, 0.717) is 25.8 Å². The van der Waals surface area contributed by atoms with Gasteiger partial charge >= 0.3 is 0 Å². The lowest BCUT2D eigenvalue weighted by atomic mass is 10.1. The molecule has 0 aliphatic carbocycles. The Kier molecular flexibility index (Phi) is 6.50. The fourth-order valence-electron chi connectivity index (χ4n) is 2.21. The molecule has 5 heteroatoms. The number of ether oxygens (including phenoxy) is 3. The molecule has 0 radical (unpaired) electrons. The minimum Gasteiger partial charge on any atom is -0.497 e. The van der Waals surface area contributed by atoms with E-state index in [1.54, 1.807) is 7.11 Å². The summed E-state index contributed by atoms with van der Waals surface area (Å²) in [4.78, 5) is 11.8. The molecule has 1 N–H and O–H groups in total. The molecule has 116 valence electrons. The van der Waals surface area contributed by atoms with E-state index in [-0.39, 0.29) is 12.2 Å². The van der Waals surface area contributed by atoms with Crippen LogP contribution in [0.25, 0.3) is 0 Å². The molecular weight excluding hydrogens is 270 g/mol. The molecule has 0 unspecified atom stereocenters. The van der Waals surface area contributed by atoms with Crippen molar-refractivity contribution in [1.82, 2.24) is 5.32 Å². The van der Waals surface area contributed by atoms with E-state index in [1.807, 2.05) is 24.3 Å². The van der Waals surface area contributed by atoms with Crippen molar-refractivity contribution in [2.24, 2.45) is 0 Å². The third kappa shape index (κ3) is 5.73. The lowest BCUT2D eigenvalue weighted by Gasteiger charge is -2.23. The highest BCUT2D eigenvalue weighted by atomic mass is 16.7. The average Bonchev–Trinajstić information content (AvgIpc) is 2.54. The van der Waals surface area contributed by atoms with Crippen LogP contribution in [0.4, 0.5) is 0 Å². The van der Waals surface area contributed by atoms with E-state index in [4.69, 9.17) is 14.2 Å². The molecular formula is C16H23NO4. The predicted molar refractivity (Wildman–Crippen MR) is 79.3 cm³/mol. The van der Waals surface area contributed by atoms with Gasteiger partial charge in [-0.15, -0.1) is 0 Å². The van der Waals surface area contributed by atoms with Gasteiger partial charge in [0.05, 0.1) is 20.3 Å². The van der Waals surface area contributed by atoms with Crippen LogP contribution in [0.15, 0.2) is 24.3 Å². The first-order valence-corrected chi connectivity index (χ1v) is 7.41. The molecule has 0 saturated carbocycles. The molecule has 0 atom stereocenters. The molecule has 1 amide bonds. The molecule has 21 heavy (non-hydrogen) atoms. The Balaban J connectivity index is 1.62. The zero-order valence-electron chi connectivity index (χ0n) is 12.5. The summed E-state index contributed by atoms with van der Waals surface area (Å²) in [7, 11) is 1.64. The van der Waals surface area contributed by atoms with Crippen LogP contribution in [0.5, 0.6) is 5.75 Å². The third-order valence-corrected chi connectivity index (χ3v) is 3.37. The quantitative estimate of drug-likeness (QED) is 0.834. The Labute approximate surface area is 125 Å². The second-order valence-corrected chi connectivity index (χ2v) is 5.01. The minimum absolute atomic E-state index is 0.0497. The van der Waals surface area contributed by atoms with Crippen molar-refractivity contribution < 1.29 is 19.0 Å². The molecule has 1 heterocycles. The minimum atomic E-state index is -0.169. The second-order valence-electron chi connectivity index (χ2n) is 5.01. The first-order valence-electron chi connectivity index (χ1n) is 7.41. The molecule has 2 rings (SSSR count).